The molecule has 0 aliphatic rings. The summed E-state index contributed by atoms with van der Waals surface area (Å²) in [5, 5.41) is 27.9. The van der Waals surface area contributed by atoms with Crippen molar-refractivity contribution in [2.45, 2.75) is 19.1 Å². The highest BCUT2D eigenvalue weighted by molar-refractivity contribution is 6.30. The summed E-state index contributed by atoms with van der Waals surface area (Å²) in [6, 6.07) is 28.8. The molecule has 1 amide bonds. The molecule has 0 saturated heterocycles. The summed E-state index contributed by atoms with van der Waals surface area (Å²) < 4.78 is 11.8. The van der Waals surface area contributed by atoms with Crippen molar-refractivity contribution in [1.82, 2.24) is 5.32 Å². The number of carbonyl (C=O) groups excluding carboxylic acids is 1. The molecule has 0 aliphatic carbocycles. The van der Waals surface area contributed by atoms with Crippen molar-refractivity contribution < 1.29 is 24.2 Å². The smallest absolute Gasteiger partial charge is 0.291 e. The van der Waals surface area contributed by atoms with Gasteiger partial charge in [-0.25, -0.2) is 0 Å². The lowest BCUT2D eigenvalue weighted by atomic mass is 10.1. The van der Waals surface area contributed by atoms with Gasteiger partial charge in [0.15, 0.2) is 5.76 Å². The minimum Gasteiger partial charge on any atom is -0.508 e. The number of fused-ring (bicyclic) bond motifs is 1. The van der Waals surface area contributed by atoms with Gasteiger partial charge in [0.2, 0.25) is 0 Å². The van der Waals surface area contributed by atoms with Gasteiger partial charge in [-0.2, -0.15) is 0 Å². The van der Waals surface area contributed by atoms with E-state index in [9.17, 15) is 15.0 Å². The number of hydrogen-bond acceptors (Lipinski definition) is 6. The predicted octanol–water partition coefficient (Wildman–Crippen LogP) is 6.49. The van der Waals surface area contributed by atoms with Crippen molar-refractivity contribution in [2.75, 3.05) is 18.5 Å². The van der Waals surface area contributed by atoms with Crippen LogP contribution in [0.1, 0.15) is 33.5 Å². The number of anilines is 1. The number of aliphatic hydroxyl groups excluding tert-OH is 1. The molecule has 1 unspecified atom stereocenters. The van der Waals surface area contributed by atoms with E-state index in [1.807, 2.05) is 54.6 Å². The van der Waals surface area contributed by atoms with Crippen LogP contribution in [0.5, 0.6) is 11.5 Å². The van der Waals surface area contributed by atoms with Gasteiger partial charge in [-0.15, -0.1) is 0 Å². The minimum absolute atomic E-state index is 0.184. The second kappa shape index (κ2) is 12.7. The van der Waals surface area contributed by atoms with E-state index in [1.54, 1.807) is 42.5 Å². The van der Waals surface area contributed by atoms with Gasteiger partial charge in [0.05, 0.1) is 12.3 Å². The number of phenolic OH excluding ortho intramolecular Hbond substituents is 1. The third kappa shape index (κ3) is 7.01. The largest absolute Gasteiger partial charge is 0.508 e. The van der Waals surface area contributed by atoms with Crippen molar-refractivity contribution in [1.29, 1.82) is 0 Å². The Bertz CT molecular complexity index is 1550. The number of aromatic hydroxyl groups is 1. The molecule has 1 atom stereocenters. The standard InChI is InChI=1S/C32H29ClN2O5/c33-25-10-5-21(6-11-25)15-17-34-31(37)24-9-14-27(29(20-24)39-18-16-22-7-12-26(36)13-8-22)35-32(38)30-19-23-3-1-2-4-28(23)40-30/h1-14,19-20,31,34,36-37H,15-18H2,(H,35,38). The Kier molecular flexibility index (Phi) is 8.66. The molecule has 0 bridgehead atoms. The fourth-order valence-corrected chi connectivity index (χ4v) is 4.40. The maximum absolute atomic E-state index is 13.0. The number of rotatable bonds is 11. The number of hydrogen-bond donors (Lipinski definition) is 4. The molecule has 4 N–H and O–H groups in total. The first-order valence-electron chi connectivity index (χ1n) is 12.9. The summed E-state index contributed by atoms with van der Waals surface area (Å²) >= 11 is 5.96. The summed E-state index contributed by atoms with van der Waals surface area (Å²) in [5.41, 5.74) is 3.77. The van der Waals surface area contributed by atoms with E-state index in [0.29, 0.717) is 47.2 Å². The monoisotopic (exact) mass is 556 g/mol. The molecule has 40 heavy (non-hydrogen) atoms. The number of para-hydroxylation sites is 1. The number of aliphatic hydroxyl groups is 1. The van der Waals surface area contributed by atoms with Crippen molar-refractivity contribution >= 4 is 34.2 Å². The third-order valence-corrected chi connectivity index (χ3v) is 6.72. The molecule has 1 aromatic heterocycles. The average molecular weight is 557 g/mol. The van der Waals surface area contributed by atoms with Gasteiger partial charge >= 0.3 is 0 Å². The highest BCUT2D eigenvalue weighted by atomic mass is 35.5. The number of furan rings is 1. The van der Waals surface area contributed by atoms with Gasteiger partial charge < -0.3 is 24.7 Å². The lowest BCUT2D eigenvalue weighted by molar-refractivity contribution is 0.0998. The molecule has 0 radical (unpaired) electrons. The van der Waals surface area contributed by atoms with Crippen LogP contribution in [0.25, 0.3) is 11.0 Å². The molecular formula is C32H29ClN2O5. The quantitative estimate of drug-likeness (QED) is 0.139. The van der Waals surface area contributed by atoms with Crippen LogP contribution in [-0.2, 0) is 12.8 Å². The van der Waals surface area contributed by atoms with E-state index in [4.69, 9.17) is 20.8 Å². The lowest BCUT2D eigenvalue weighted by Gasteiger charge is -2.17. The van der Waals surface area contributed by atoms with Crippen molar-refractivity contribution in [3.8, 4) is 11.5 Å². The Labute approximate surface area is 237 Å². The highest BCUT2D eigenvalue weighted by Crippen LogP contribution is 2.30. The fraction of sp³-hybridized carbons (Fsp3) is 0.156. The summed E-state index contributed by atoms with van der Waals surface area (Å²) in [6.07, 6.45) is 0.367. The molecule has 7 nitrogen and oxygen atoms in total. The number of benzene rings is 4. The van der Waals surface area contributed by atoms with Crippen LogP contribution in [0.15, 0.2) is 101 Å². The Morgan fingerprint density at radius 3 is 2.40 bits per heavy atom. The minimum atomic E-state index is -0.938. The van der Waals surface area contributed by atoms with Gasteiger partial charge in [0.25, 0.3) is 5.91 Å². The van der Waals surface area contributed by atoms with Crippen LogP contribution in [0, 0.1) is 0 Å². The zero-order valence-corrected chi connectivity index (χ0v) is 22.4. The molecular weight excluding hydrogens is 528 g/mol. The van der Waals surface area contributed by atoms with Gasteiger partial charge in [0.1, 0.15) is 23.3 Å². The van der Waals surface area contributed by atoms with Crippen LogP contribution in [-0.4, -0.2) is 29.3 Å². The molecule has 0 saturated carbocycles. The van der Waals surface area contributed by atoms with Gasteiger partial charge in [0, 0.05) is 23.4 Å². The first-order valence-corrected chi connectivity index (χ1v) is 13.3. The lowest BCUT2D eigenvalue weighted by Crippen LogP contribution is -2.23. The molecule has 204 valence electrons. The summed E-state index contributed by atoms with van der Waals surface area (Å²) in [5.74, 6) is 0.392. The van der Waals surface area contributed by atoms with Gasteiger partial charge in [-0.1, -0.05) is 60.1 Å². The Hall–Kier alpha value is -4.30. The first kappa shape index (κ1) is 27.3. The van der Waals surface area contributed by atoms with Crippen LogP contribution in [0.2, 0.25) is 5.02 Å². The molecule has 1 heterocycles. The molecule has 5 aromatic rings. The highest BCUT2D eigenvalue weighted by Gasteiger charge is 2.17. The average Bonchev–Trinajstić information content (AvgIpc) is 3.41. The number of nitrogens with one attached hydrogen (secondary N) is 2. The number of amides is 1. The molecule has 4 aromatic carbocycles. The second-order valence-electron chi connectivity index (χ2n) is 9.36. The van der Waals surface area contributed by atoms with E-state index in [1.165, 1.54) is 0 Å². The van der Waals surface area contributed by atoms with Crippen molar-refractivity contribution in [3.05, 3.63) is 125 Å². The van der Waals surface area contributed by atoms with Crippen molar-refractivity contribution in [2.24, 2.45) is 0 Å². The van der Waals surface area contributed by atoms with E-state index in [2.05, 4.69) is 10.6 Å². The Morgan fingerprint density at radius 1 is 0.900 bits per heavy atom. The van der Waals surface area contributed by atoms with Crippen LogP contribution in [0.3, 0.4) is 0 Å². The fourth-order valence-electron chi connectivity index (χ4n) is 4.27. The summed E-state index contributed by atoms with van der Waals surface area (Å²) in [4.78, 5) is 13.0. The molecule has 0 spiro atoms. The summed E-state index contributed by atoms with van der Waals surface area (Å²) in [7, 11) is 0. The SMILES string of the molecule is O=C(Nc1ccc(C(O)NCCc2ccc(Cl)cc2)cc1OCCc1ccc(O)cc1)c1cc2ccccc2o1. The Balaban J connectivity index is 1.29. The normalized spacial score (nSPS) is 11.8. The van der Waals surface area contributed by atoms with Crippen molar-refractivity contribution in [3.63, 3.8) is 0 Å². The number of phenols is 1. The predicted molar refractivity (Wildman–Crippen MR) is 156 cm³/mol. The topological polar surface area (TPSA) is 104 Å². The van der Waals surface area contributed by atoms with E-state index < -0.39 is 12.1 Å². The van der Waals surface area contributed by atoms with E-state index in [0.717, 1.165) is 22.9 Å². The number of halogens is 1. The molecule has 5 rings (SSSR count). The zero-order valence-electron chi connectivity index (χ0n) is 21.6. The van der Waals surface area contributed by atoms with Gasteiger partial charge in [-0.3, -0.25) is 10.1 Å². The van der Waals surface area contributed by atoms with E-state index in [-0.39, 0.29) is 11.5 Å². The molecule has 0 aliphatic heterocycles. The van der Waals surface area contributed by atoms with E-state index >= 15 is 0 Å². The maximum Gasteiger partial charge on any atom is 0.291 e. The summed E-state index contributed by atoms with van der Waals surface area (Å²) in [6.45, 7) is 0.867. The maximum atomic E-state index is 13.0. The zero-order chi connectivity index (χ0) is 27.9. The van der Waals surface area contributed by atoms with Crippen LogP contribution < -0.4 is 15.4 Å². The van der Waals surface area contributed by atoms with Gasteiger partial charge in [-0.05, 0) is 71.6 Å². The molecule has 0 fully saturated rings. The first-order chi connectivity index (χ1) is 19.4. The second-order valence-corrected chi connectivity index (χ2v) is 9.79. The molecule has 8 heteroatoms. The Morgan fingerprint density at radius 2 is 1.62 bits per heavy atom. The third-order valence-electron chi connectivity index (χ3n) is 6.47. The number of ether oxygens (including phenoxy) is 1. The van der Waals surface area contributed by atoms with Crippen LogP contribution in [0.4, 0.5) is 5.69 Å². The number of carbonyl (C=O) groups is 1. The van der Waals surface area contributed by atoms with Crippen LogP contribution >= 0.6 is 11.6 Å².